The largest absolute Gasteiger partial charge is 0.310 e. The monoisotopic (exact) mass is 280 g/mol. The molecule has 2 rings (SSSR count). The maximum atomic E-state index is 8.80. The number of nitrogens with zero attached hydrogens (tertiary/aromatic N) is 1. The van der Waals surface area contributed by atoms with Gasteiger partial charge in [-0.1, -0.05) is 19.3 Å². The number of hydrogen-bond acceptors (Lipinski definition) is 4. The lowest BCUT2D eigenvalue weighted by Gasteiger charge is -2.36. The molecule has 98 valence electrons. The van der Waals surface area contributed by atoms with Crippen LogP contribution < -0.4 is 5.32 Å². The van der Waals surface area contributed by atoms with Crippen LogP contribution in [0.2, 0.25) is 0 Å². The lowest BCUT2D eigenvalue weighted by molar-refractivity contribution is 0.380. The van der Waals surface area contributed by atoms with Crippen LogP contribution in [-0.2, 0) is 6.54 Å². The Kier molecular flexibility index (Phi) is 5.11. The van der Waals surface area contributed by atoms with Gasteiger partial charge in [0.1, 0.15) is 10.9 Å². The molecular weight excluding hydrogens is 260 g/mol. The zero-order valence-electron chi connectivity index (χ0n) is 10.9. The van der Waals surface area contributed by atoms with E-state index in [0.717, 1.165) is 18.0 Å². The summed E-state index contributed by atoms with van der Waals surface area (Å²) < 4.78 is 0.452. The van der Waals surface area contributed by atoms with Crippen LogP contribution in [0.25, 0.3) is 0 Å². The van der Waals surface area contributed by atoms with Gasteiger partial charge in [0.25, 0.3) is 0 Å². The van der Waals surface area contributed by atoms with E-state index in [1.165, 1.54) is 37.0 Å². The van der Waals surface area contributed by atoms with E-state index in [-0.39, 0.29) is 0 Å². The molecule has 2 nitrogen and oxygen atoms in total. The normalized spacial score (nSPS) is 18.4. The van der Waals surface area contributed by atoms with Crippen molar-refractivity contribution in [1.29, 1.82) is 5.26 Å². The van der Waals surface area contributed by atoms with Crippen LogP contribution in [-0.4, -0.2) is 17.5 Å². The molecule has 0 aromatic carbocycles. The molecule has 1 aromatic rings. The Morgan fingerprint density at radius 1 is 1.39 bits per heavy atom. The van der Waals surface area contributed by atoms with E-state index >= 15 is 0 Å². The number of nitrogens with one attached hydrogen (secondary N) is 1. The maximum Gasteiger partial charge on any atom is 0.110 e. The predicted molar refractivity (Wildman–Crippen MR) is 80.1 cm³/mol. The highest BCUT2D eigenvalue weighted by Crippen LogP contribution is 2.38. The molecule has 0 aliphatic heterocycles. The second kappa shape index (κ2) is 6.60. The minimum atomic E-state index is 0.452. The summed E-state index contributed by atoms with van der Waals surface area (Å²) in [5.41, 5.74) is 0. The van der Waals surface area contributed by atoms with E-state index in [0.29, 0.717) is 4.75 Å². The van der Waals surface area contributed by atoms with Gasteiger partial charge < -0.3 is 5.32 Å². The van der Waals surface area contributed by atoms with Crippen molar-refractivity contribution in [1.82, 2.24) is 5.32 Å². The Bertz CT molecular complexity index is 414. The highest BCUT2D eigenvalue weighted by atomic mass is 32.2. The molecule has 1 aliphatic rings. The van der Waals surface area contributed by atoms with Crippen molar-refractivity contribution in [2.24, 2.45) is 0 Å². The van der Waals surface area contributed by atoms with E-state index in [1.54, 1.807) is 11.3 Å². The number of hydrogen-bond donors (Lipinski definition) is 1. The van der Waals surface area contributed by atoms with Gasteiger partial charge in [-0.2, -0.15) is 17.0 Å². The van der Waals surface area contributed by atoms with Crippen molar-refractivity contribution < 1.29 is 0 Å². The quantitative estimate of drug-likeness (QED) is 0.891. The molecule has 0 atom stereocenters. The van der Waals surface area contributed by atoms with Gasteiger partial charge >= 0.3 is 0 Å². The Balaban J connectivity index is 1.81. The van der Waals surface area contributed by atoms with Gasteiger partial charge in [0.15, 0.2) is 0 Å². The fourth-order valence-corrected chi connectivity index (χ4v) is 4.31. The fraction of sp³-hybridized carbons (Fsp3) is 0.643. The Labute approximate surface area is 118 Å². The molecule has 1 saturated carbocycles. The van der Waals surface area contributed by atoms with E-state index in [1.807, 2.05) is 17.8 Å². The minimum absolute atomic E-state index is 0.452. The first-order chi connectivity index (χ1) is 8.78. The first kappa shape index (κ1) is 13.9. The summed E-state index contributed by atoms with van der Waals surface area (Å²) in [4.78, 5) is 2.07. The standard InChI is InChI=1S/C14H20N2S2/c1-17-14(7-3-2-4-8-14)11-16-10-13-6-5-12(9-15)18-13/h5-6,16H,2-4,7-8,10-11H2,1H3. The number of nitriles is 1. The zero-order valence-corrected chi connectivity index (χ0v) is 12.5. The summed E-state index contributed by atoms with van der Waals surface area (Å²) in [5, 5.41) is 12.4. The van der Waals surface area contributed by atoms with E-state index in [9.17, 15) is 0 Å². The van der Waals surface area contributed by atoms with Crippen LogP contribution in [0.1, 0.15) is 41.9 Å². The molecule has 0 amide bonds. The summed E-state index contributed by atoms with van der Waals surface area (Å²) in [5.74, 6) is 0. The molecule has 18 heavy (non-hydrogen) atoms. The van der Waals surface area contributed by atoms with Crippen molar-refractivity contribution in [3.8, 4) is 6.07 Å². The third-order valence-corrected chi connectivity index (χ3v) is 6.12. The van der Waals surface area contributed by atoms with Crippen LogP contribution in [0, 0.1) is 11.3 Å². The van der Waals surface area contributed by atoms with Gasteiger partial charge in [-0.25, -0.2) is 0 Å². The molecule has 0 unspecified atom stereocenters. The topological polar surface area (TPSA) is 35.8 Å². The molecule has 1 aromatic heterocycles. The summed E-state index contributed by atoms with van der Waals surface area (Å²) in [6, 6.07) is 6.16. The van der Waals surface area contributed by atoms with Gasteiger partial charge in [-0.05, 0) is 31.2 Å². The molecular formula is C14H20N2S2. The number of thioether (sulfide) groups is 1. The molecule has 1 fully saturated rings. The SMILES string of the molecule is CSC1(CNCc2ccc(C#N)s2)CCCCC1. The van der Waals surface area contributed by atoms with Crippen LogP contribution >= 0.6 is 23.1 Å². The third kappa shape index (κ3) is 3.50. The highest BCUT2D eigenvalue weighted by molar-refractivity contribution is 8.00. The van der Waals surface area contributed by atoms with Crippen molar-refractivity contribution in [2.45, 2.75) is 43.4 Å². The molecule has 1 heterocycles. The zero-order chi connectivity index (χ0) is 12.8. The van der Waals surface area contributed by atoms with Crippen LogP contribution in [0.4, 0.5) is 0 Å². The minimum Gasteiger partial charge on any atom is -0.310 e. The van der Waals surface area contributed by atoms with Gasteiger partial charge in [0, 0.05) is 22.7 Å². The van der Waals surface area contributed by atoms with E-state index < -0.39 is 0 Å². The second-order valence-electron chi connectivity index (χ2n) is 4.93. The van der Waals surface area contributed by atoms with Crippen LogP contribution in [0.3, 0.4) is 0 Å². The van der Waals surface area contributed by atoms with Gasteiger partial charge in [-0.15, -0.1) is 11.3 Å². The van der Waals surface area contributed by atoms with E-state index in [4.69, 9.17) is 5.26 Å². The first-order valence-corrected chi connectivity index (χ1v) is 8.57. The molecule has 1 aliphatic carbocycles. The Morgan fingerprint density at radius 3 is 2.78 bits per heavy atom. The molecule has 0 bridgehead atoms. The van der Waals surface area contributed by atoms with Gasteiger partial charge in [0.2, 0.25) is 0 Å². The second-order valence-corrected chi connectivity index (χ2v) is 7.37. The molecule has 1 N–H and O–H groups in total. The summed E-state index contributed by atoms with van der Waals surface area (Å²) in [6.07, 6.45) is 9.08. The molecule has 0 spiro atoms. The average Bonchev–Trinajstić information content (AvgIpc) is 2.88. The summed E-state index contributed by atoms with van der Waals surface area (Å²) in [6.45, 7) is 1.99. The highest BCUT2D eigenvalue weighted by Gasteiger charge is 2.30. The Morgan fingerprint density at radius 2 is 2.17 bits per heavy atom. The predicted octanol–water partition coefficient (Wildman–Crippen LogP) is 3.78. The molecule has 0 radical (unpaired) electrons. The fourth-order valence-electron chi connectivity index (χ4n) is 2.60. The van der Waals surface area contributed by atoms with Crippen molar-refractivity contribution in [2.75, 3.05) is 12.8 Å². The van der Waals surface area contributed by atoms with Crippen LogP contribution in [0.5, 0.6) is 0 Å². The van der Waals surface area contributed by atoms with Crippen LogP contribution in [0.15, 0.2) is 12.1 Å². The van der Waals surface area contributed by atoms with Crippen molar-refractivity contribution >= 4 is 23.1 Å². The Hall–Kier alpha value is -0.500. The van der Waals surface area contributed by atoms with Crippen molar-refractivity contribution in [3.63, 3.8) is 0 Å². The average molecular weight is 280 g/mol. The molecule has 0 saturated heterocycles. The maximum absolute atomic E-state index is 8.80. The van der Waals surface area contributed by atoms with E-state index in [2.05, 4.69) is 23.7 Å². The smallest absolute Gasteiger partial charge is 0.110 e. The summed E-state index contributed by atoms with van der Waals surface area (Å²) in [7, 11) is 0. The first-order valence-electron chi connectivity index (χ1n) is 6.53. The third-order valence-electron chi connectivity index (χ3n) is 3.72. The van der Waals surface area contributed by atoms with Crippen molar-refractivity contribution in [3.05, 3.63) is 21.9 Å². The lowest BCUT2D eigenvalue weighted by atomic mass is 9.88. The van der Waals surface area contributed by atoms with Gasteiger partial charge in [0.05, 0.1) is 0 Å². The van der Waals surface area contributed by atoms with Gasteiger partial charge in [-0.3, -0.25) is 0 Å². The number of thiophene rings is 1. The summed E-state index contributed by atoms with van der Waals surface area (Å²) >= 11 is 3.62. The molecule has 4 heteroatoms. The number of rotatable bonds is 5. The lowest BCUT2D eigenvalue weighted by Crippen LogP contribution is -2.38.